The van der Waals surface area contributed by atoms with Crippen LogP contribution in [0.1, 0.15) is 283 Å². The molecule has 0 saturated heterocycles. The summed E-state index contributed by atoms with van der Waals surface area (Å²) in [5, 5.41) is 0. The largest absolute Gasteiger partial charge is 1.00 e. The zero-order chi connectivity index (χ0) is 38.9. The fourth-order valence-electron chi connectivity index (χ4n) is 9.27. The molecular formula is C53H102ClN. The number of nitrogens with zero attached hydrogens (tertiary/aromatic N) is 1. The van der Waals surface area contributed by atoms with Gasteiger partial charge in [-0.3, -0.25) is 0 Å². The standard InChI is InChI=1S/C53H102N.ClH/c1-5-8-11-14-17-20-23-25-26-27-28-30-33-36-39-45-50-54(4,51-52-46-41-40-42-47-52)53(48-43-37-34-31-22-19-16-13-10-7-3)49-44-38-35-32-29-24-21-18-15-12-9-6-2;/h40-42,46-47,53H,5-39,43-45,48-51H2,1-4H3;1H/q+1;/p-1. The van der Waals surface area contributed by atoms with Gasteiger partial charge in [-0.05, 0) is 38.5 Å². The fourth-order valence-corrected chi connectivity index (χ4v) is 9.27. The van der Waals surface area contributed by atoms with Crippen LogP contribution in [0, 0.1) is 0 Å². The smallest absolute Gasteiger partial charge is 0.104 e. The van der Waals surface area contributed by atoms with Crippen LogP contribution in [0.2, 0.25) is 0 Å². The minimum atomic E-state index is 0. The molecule has 1 aromatic rings. The predicted molar refractivity (Wildman–Crippen MR) is 247 cm³/mol. The number of quaternary nitrogens is 1. The van der Waals surface area contributed by atoms with Gasteiger partial charge in [0, 0.05) is 5.56 Å². The van der Waals surface area contributed by atoms with Gasteiger partial charge in [-0.1, -0.05) is 269 Å². The third kappa shape index (κ3) is 35.2. The minimum Gasteiger partial charge on any atom is -1.00 e. The van der Waals surface area contributed by atoms with Crippen LogP contribution in [-0.2, 0) is 6.54 Å². The van der Waals surface area contributed by atoms with E-state index in [0.717, 1.165) is 6.04 Å². The summed E-state index contributed by atoms with van der Waals surface area (Å²) in [6.07, 6.45) is 58.0. The van der Waals surface area contributed by atoms with Crippen LogP contribution < -0.4 is 12.4 Å². The van der Waals surface area contributed by atoms with Crippen molar-refractivity contribution in [1.29, 1.82) is 0 Å². The number of benzene rings is 1. The molecule has 55 heavy (non-hydrogen) atoms. The van der Waals surface area contributed by atoms with E-state index >= 15 is 0 Å². The predicted octanol–water partition coefficient (Wildman–Crippen LogP) is 15.7. The van der Waals surface area contributed by atoms with Gasteiger partial charge in [0.05, 0.1) is 19.6 Å². The molecule has 1 rings (SSSR count). The lowest BCUT2D eigenvalue weighted by atomic mass is 9.95. The van der Waals surface area contributed by atoms with Crippen molar-refractivity contribution in [3.8, 4) is 0 Å². The number of rotatable bonds is 44. The van der Waals surface area contributed by atoms with Gasteiger partial charge in [-0.15, -0.1) is 0 Å². The van der Waals surface area contributed by atoms with Crippen molar-refractivity contribution in [2.24, 2.45) is 0 Å². The van der Waals surface area contributed by atoms with E-state index in [1.165, 1.54) is 274 Å². The molecular weight excluding hydrogens is 686 g/mol. The summed E-state index contributed by atoms with van der Waals surface area (Å²) in [5.41, 5.74) is 1.55. The highest BCUT2D eigenvalue weighted by molar-refractivity contribution is 5.13. The van der Waals surface area contributed by atoms with Crippen LogP contribution in [0.4, 0.5) is 0 Å². The molecule has 0 heterocycles. The highest BCUT2D eigenvalue weighted by atomic mass is 35.5. The van der Waals surface area contributed by atoms with Crippen LogP contribution in [0.15, 0.2) is 30.3 Å². The molecule has 0 amide bonds. The van der Waals surface area contributed by atoms with Gasteiger partial charge in [0.2, 0.25) is 0 Å². The topological polar surface area (TPSA) is 0 Å². The Morgan fingerprint density at radius 2 is 0.600 bits per heavy atom. The van der Waals surface area contributed by atoms with Gasteiger partial charge in [0.25, 0.3) is 0 Å². The second-order valence-electron chi connectivity index (χ2n) is 18.5. The molecule has 2 atom stereocenters. The summed E-state index contributed by atoms with van der Waals surface area (Å²) in [7, 11) is 2.67. The van der Waals surface area contributed by atoms with E-state index in [0.29, 0.717) is 0 Å². The number of hydrogen-bond acceptors (Lipinski definition) is 0. The summed E-state index contributed by atoms with van der Waals surface area (Å²) in [4.78, 5) is 0. The van der Waals surface area contributed by atoms with Crippen molar-refractivity contribution in [2.75, 3.05) is 13.6 Å². The maximum Gasteiger partial charge on any atom is 0.104 e. The van der Waals surface area contributed by atoms with Crippen LogP contribution in [0.25, 0.3) is 0 Å². The molecule has 0 spiro atoms. The SMILES string of the molecule is CCCCCCCCCCCCCCCCCC[N+](C)(Cc1ccccc1)C(CCCCCCCCCCCC)CCCCCCCCCCCCCC.[Cl-]. The van der Waals surface area contributed by atoms with Crippen LogP contribution in [0.3, 0.4) is 0 Å². The van der Waals surface area contributed by atoms with Crippen LogP contribution in [0.5, 0.6) is 0 Å². The average molecular weight is 789 g/mol. The van der Waals surface area contributed by atoms with Gasteiger partial charge >= 0.3 is 0 Å². The molecule has 326 valence electrons. The third-order valence-corrected chi connectivity index (χ3v) is 13.1. The quantitative estimate of drug-likeness (QED) is 0.0456. The maximum absolute atomic E-state index is 2.67. The summed E-state index contributed by atoms with van der Waals surface area (Å²) in [6.45, 7) is 9.56. The lowest BCUT2D eigenvalue weighted by Gasteiger charge is -2.42. The summed E-state index contributed by atoms with van der Waals surface area (Å²) in [5.74, 6) is 0. The first-order chi connectivity index (χ1) is 26.7. The minimum absolute atomic E-state index is 0. The summed E-state index contributed by atoms with van der Waals surface area (Å²) in [6, 6.07) is 12.4. The molecule has 0 bridgehead atoms. The number of unbranched alkanes of at least 4 members (excludes halogenated alkanes) is 35. The molecule has 2 unspecified atom stereocenters. The van der Waals surface area contributed by atoms with E-state index in [1.807, 2.05) is 0 Å². The van der Waals surface area contributed by atoms with Crippen LogP contribution in [-0.4, -0.2) is 24.1 Å². The Hall–Kier alpha value is -0.530. The first kappa shape index (κ1) is 54.5. The maximum atomic E-state index is 2.67. The molecule has 0 N–H and O–H groups in total. The van der Waals surface area contributed by atoms with E-state index in [1.54, 1.807) is 5.56 Å². The summed E-state index contributed by atoms with van der Waals surface area (Å²) >= 11 is 0. The van der Waals surface area contributed by atoms with E-state index in [2.05, 4.69) is 58.2 Å². The highest BCUT2D eigenvalue weighted by Crippen LogP contribution is 2.28. The Morgan fingerprint density at radius 3 is 0.891 bits per heavy atom. The van der Waals surface area contributed by atoms with Crippen molar-refractivity contribution < 1.29 is 16.9 Å². The third-order valence-electron chi connectivity index (χ3n) is 13.1. The monoisotopic (exact) mass is 788 g/mol. The normalized spacial score (nSPS) is 13.2. The van der Waals surface area contributed by atoms with E-state index in [9.17, 15) is 0 Å². The Morgan fingerprint density at radius 1 is 0.345 bits per heavy atom. The Kier molecular flexibility index (Phi) is 42.6. The molecule has 0 aliphatic rings. The van der Waals surface area contributed by atoms with E-state index in [-0.39, 0.29) is 12.4 Å². The first-order valence-corrected chi connectivity index (χ1v) is 25.5. The van der Waals surface area contributed by atoms with Gasteiger partial charge in [-0.25, -0.2) is 0 Å². The number of hydrogen-bond donors (Lipinski definition) is 0. The lowest BCUT2D eigenvalue weighted by molar-refractivity contribution is -0.947. The van der Waals surface area contributed by atoms with Gasteiger partial charge in [0.15, 0.2) is 0 Å². The second-order valence-corrected chi connectivity index (χ2v) is 18.5. The van der Waals surface area contributed by atoms with Gasteiger partial charge in [-0.2, -0.15) is 0 Å². The molecule has 0 fully saturated rings. The fraction of sp³-hybridized carbons (Fsp3) is 0.887. The second kappa shape index (κ2) is 43.1. The Balaban J connectivity index is 0.0000292. The Labute approximate surface area is 355 Å². The first-order valence-electron chi connectivity index (χ1n) is 25.5. The molecule has 1 aromatic carbocycles. The van der Waals surface area contributed by atoms with Gasteiger partial charge in [0.1, 0.15) is 6.54 Å². The van der Waals surface area contributed by atoms with Crippen LogP contribution >= 0.6 is 0 Å². The molecule has 0 saturated carbocycles. The Bertz CT molecular complexity index is 840. The lowest BCUT2D eigenvalue weighted by Crippen LogP contribution is -3.00. The molecule has 0 aliphatic heterocycles. The van der Waals surface area contributed by atoms with Crippen molar-refractivity contribution in [2.45, 2.75) is 290 Å². The average Bonchev–Trinajstić information content (AvgIpc) is 3.18. The molecule has 0 aromatic heterocycles. The van der Waals surface area contributed by atoms with Gasteiger partial charge < -0.3 is 16.9 Å². The summed E-state index contributed by atoms with van der Waals surface area (Å²) < 4.78 is 1.28. The van der Waals surface area contributed by atoms with E-state index < -0.39 is 0 Å². The van der Waals surface area contributed by atoms with Crippen molar-refractivity contribution in [3.05, 3.63) is 35.9 Å². The van der Waals surface area contributed by atoms with E-state index in [4.69, 9.17) is 0 Å². The van der Waals surface area contributed by atoms with Crippen molar-refractivity contribution >= 4 is 0 Å². The molecule has 1 nitrogen and oxygen atoms in total. The van der Waals surface area contributed by atoms with Crippen molar-refractivity contribution in [1.82, 2.24) is 0 Å². The highest BCUT2D eigenvalue weighted by Gasteiger charge is 2.31. The molecule has 2 heteroatoms. The molecule has 0 aliphatic carbocycles. The van der Waals surface area contributed by atoms with Crippen molar-refractivity contribution in [3.63, 3.8) is 0 Å². The zero-order valence-electron chi connectivity index (χ0n) is 38.5. The molecule has 0 radical (unpaired) electrons. The number of halogens is 1. The zero-order valence-corrected chi connectivity index (χ0v) is 39.2.